The highest BCUT2D eigenvalue weighted by molar-refractivity contribution is 9.10. The quantitative estimate of drug-likeness (QED) is 0.337. The molecule has 0 spiro atoms. The van der Waals surface area contributed by atoms with Crippen LogP contribution in [0.4, 0.5) is 0 Å². The Bertz CT molecular complexity index is 773. The highest BCUT2D eigenvalue weighted by Gasteiger charge is 2.19. The molecule has 0 heterocycles. The maximum absolute atomic E-state index is 12.6. The Kier molecular flexibility index (Phi) is 7.66. The smallest absolute Gasteiger partial charge is 0.347 e. The molecule has 2 aromatic rings. The van der Waals surface area contributed by atoms with Gasteiger partial charge in [0.1, 0.15) is 22.6 Å². The molecule has 0 aliphatic heterocycles. The maximum atomic E-state index is 12.6. The van der Waals surface area contributed by atoms with Gasteiger partial charge in [0.2, 0.25) is 0 Å². The Morgan fingerprint density at radius 3 is 2.50 bits per heavy atom. The molecule has 0 bridgehead atoms. The van der Waals surface area contributed by atoms with Gasteiger partial charge < -0.3 is 14.6 Å². The van der Waals surface area contributed by atoms with Gasteiger partial charge in [-0.3, -0.25) is 0 Å². The first-order chi connectivity index (χ1) is 12.5. The van der Waals surface area contributed by atoms with Gasteiger partial charge in [-0.2, -0.15) is 0 Å². The normalized spacial score (nSPS) is 10.4. The Morgan fingerprint density at radius 1 is 1.00 bits per heavy atom. The number of para-hydroxylation sites is 1. The monoisotopic (exact) mass is 420 g/mol. The van der Waals surface area contributed by atoms with E-state index in [2.05, 4.69) is 22.9 Å². The van der Waals surface area contributed by atoms with Crippen LogP contribution in [0.15, 0.2) is 46.9 Å². The predicted molar refractivity (Wildman–Crippen MR) is 102 cm³/mol. The zero-order valence-electron chi connectivity index (χ0n) is 14.5. The number of carboxylic acids is 1. The zero-order chi connectivity index (χ0) is 18.9. The van der Waals surface area contributed by atoms with Crippen LogP contribution in [0, 0.1) is 0 Å². The van der Waals surface area contributed by atoms with Crippen LogP contribution in [0.1, 0.15) is 53.3 Å². The molecule has 1 N–H and O–H groups in total. The van der Waals surface area contributed by atoms with E-state index in [1.807, 2.05) is 0 Å². The second kappa shape index (κ2) is 9.97. The Balaban J connectivity index is 2.15. The first-order valence-electron chi connectivity index (χ1n) is 8.49. The summed E-state index contributed by atoms with van der Waals surface area (Å²) in [5.41, 5.74) is 0.174. The summed E-state index contributed by atoms with van der Waals surface area (Å²) in [4.78, 5) is 23.8. The van der Waals surface area contributed by atoms with Crippen LogP contribution >= 0.6 is 15.9 Å². The highest BCUT2D eigenvalue weighted by Crippen LogP contribution is 2.26. The number of benzene rings is 2. The van der Waals surface area contributed by atoms with Gasteiger partial charge in [-0.15, -0.1) is 0 Å². The largest absolute Gasteiger partial charge is 0.493 e. The van der Waals surface area contributed by atoms with Crippen molar-refractivity contribution in [2.75, 3.05) is 6.61 Å². The molecule has 0 unspecified atom stereocenters. The summed E-state index contributed by atoms with van der Waals surface area (Å²) in [6.07, 6.45) is 4.25. The van der Waals surface area contributed by atoms with Crippen molar-refractivity contribution in [3.63, 3.8) is 0 Å². The summed E-state index contributed by atoms with van der Waals surface area (Å²) in [7, 11) is 0. The van der Waals surface area contributed by atoms with Crippen molar-refractivity contribution in [3.05, 3.63) is 58.1 Å². The molecular formula is C20H21BrO5. The summed E-state index contributed by atoms with van der Waals surface area (Å²) in [5, 5.41) is 9.21. The van der Waals surface area contributed by atoms with Gasteiger partial charge in [0, 0.05) is 4.47 Å². The summed E-state index contributed by atoms with van der Waals surface area (Å²) < 4.78 is 11.8. The molecule has 138 valence electrons. The van der Waals surface area contributed by atoms with Gasteiger partial charge in [-0.25, -0.2) is 9.59 Å². The van der Waals surface area contributed by atoms with E-state index in [0.29, 0.717) is 16.8 Å². The summed E-state index contributed by atoms with van der Waals surface area (Å²) in [6.45, 7) is 2.65. The molecule has 6 heteroatoms. The number of hydrogen-bond donors (Lipinski definition) is 1. The second-order valence-electron chi connectivity index (χ2n) is 5.74. The number of unbranched alkanes of at least 4 members (excludes halogenated alkanes) is 3. The van der Waals surface area contributed by atoms with Crippen LogP contribution in [0.25, 0.3) is 0 Å². The molecule has 0 atom stereocenters. The minimum Gasteiger partial charge on any atom is -0.493 e. The lowest BCUT2D eigenvalue weighted by Gasteiger charge is -2.12. The van der Waals surface area contributed by atoms with Crippen molar-refractivity contribution in [1.82, 2.24) is 0 Å². The van der Waals surface area contributed by atoms with Crippen molar-refractivity contribution in [2.45, 2.75) is 32.6 Å². The molecule has 0 aliphatic carbocycles. The van der Waals surface area contributed by atoms with Crippen LogP contribution in [-0.4, -0.2) is 23.7 Å². The topological polar surface area (TPSA) is 72.8 Å². The highest BCUT2D eigenvalue weighted by atomic mass is 79.9. The van der Waals surface area contributed by atoms with Crippen molar-refractivity contribution < 1.29 is 24.2 Å². The molecule has 0 aliphatic rings. The van der Waals surface area contributed by atoms with E-state index in [1.54, 1.807) is 30.3 Å². The third-order valence-electron chi connectivity index (χ3n) is 3.74. The molecular weight excluding hydrogens is 400 g/mol. The maximum Gasteiger partial charge on any atom is 0.347 e. The van der Waals surface area contributed by atoms with Gasteiger partial charge in [0.15, 0.2) is 0 Å². The summed E-state index contributed by atoms with van der Waals surface area (Å²) >= 11 is 3.33. The first kappa shape index (κ1) is 20.0. The standard InChI is InChI=1S/C20H21BrO5/c1-2-3-4-7-12-25-17-11-10-14(21)13-16(17)20(24)26-18-9-6-5-8-15(18)19(22)23/h5-6,8-11,13H,2-4,7,12H2,1H3,(H,22,23). The SMILES string of the molecule is CCCCCCOc1ccc(Br)cc1C(=O)Oc1ccccc1C(=O)O. The predicted octanol–water partition coefficient (Wildman–Crippen LogP) is 5.33. The fraction of sp³-hybridized carbons (Fsp3) is 0.300. The van der Waals surface area contributed by atoms with Crippen molar-refractivity contribution >= 4 is 27.9 Å². The lowest BCUT2D eigenvalue weighted by atomic mass is 10.2. The molecule has 0 aromatic heterocycles. The number of aromatic carboxylic acids is 1. The van der Waals surface area contributed by atoms with E-state index in [0.717, 1.165) is 25.7 Å². The molecule has 0 saturated heterocycles. The Morgan fingerprint density at radius 2 is 1.77 bits per heavy atom. The average Bonchev–Trinajstić information content (AvgIpc) is 2.62. The van der Waals surface area contributed by atoms with Gasteiger partial charge >= 0.3 is 11.9 Å². The molecule has 0 fully saturated rings. The van der Waals surface area contributed by atoms with Crippen molar-refractivity contribution in [1.29, 1.82) is 0 Å². The van der Waals surface area contributed by atoms with Crippen LogP contribution < -0.4 is 9.47 Å². The van der Waals surface area contributed by atoms with E-state index in [1.165, 1.54) is 12.1 Å². The number of ether oxygens (including phenoxy) is 2. The molecule has 0 amide bonds. The number of carbonyl (C=O) groups is 2. The number of rotatable bonds is 9. The van der Waals surface area contributed by atoms with Gasteiger partial charge in [-0.05, 0) is 36.8 Å². The number of carbonyl (C=O) groups excluding carboxylic acids is 1. The lowest BCUT2D eigenvalue weighted by Crippen LogP contribution is -2.13. The molecule has 5 nitrogen and oxygen atoms in total. The van der Waals surface area contributed by atoms with Gasteiger partial charge in [0.05, 0.1) is 6.61 Å². The summed E-state index contributed by atoms with van der Waals surface area (Å²) in [6, 6.07) is 11.1. The second-order valence-corrected chi connectivity index (χ2v) is 6.66. The lowest BCUT2D eigenvalue weighted by molar-refractivity contribution is 0.0680. The Labute approximate surface area is 161 Å². The van der Waals surface area contributed by atoms with Gasteiger partial charge in [0.25, 0.3) is 0 Å². The number of hydrogen-bond acceptors (Lipinski definition) is 4. The van der Waals surface area contributed by atoms with E-state index in [4.69, 9.17) is 9.47 Å². The first-order valence-corrected chi connectivity index (χ1v) is 9.29. The minimum atomic E-state index is -1.16. The number of carboxylic acid groups (broad SMARTS) is 1. The van der Waals surface area contributed by atoms with Crippen LogP contribution in [-0.2, 0) is 0 Å². The fourth-order valence-corrected chi connectivity index (χ4v) is 2.75. The molecule has 2 rings (SSSR count). The van der Waals surface area contributed by atoms with Crippen LogP contribution in [0.5, 0.6) is 11.5 Å². The minimum absolute atomic E-state index is 0.00105. The summed E-state index contributed by atoms with van der Waals surface area (Å²) in [5.74, 6) is -1.40. The van der Waals surface area contributed by atoms with E-state index >= 15 is 0 Å². The third-order valence-corrected chi connectivity index (χ3v) is 4.23. The van der Waals surface area contributed by atoms with Crippen molar-refractivity contribution in [2.24, 2.45) is 0 Å². The van der Waals surface area contributed by atoms with Crippen molar-refractivity contribution in [3.8, 4) is 11.5 Å². The Hall–Kier alpha value is -2.34. The van der Waals surface area contributed by atoms with E-state index in [-0.39, 0.29) is 16.9 Å². The zero-order valence-corrected chi connectivity index (χ0v) is 16.1. The van der Waals surface area contributed by atoms with E-state index < -0.39 is 11.9 Å². The fourth-order valence-electron chi connectivity index (χ4n) is 2.39. The molecule has 0 radical (unpaired) electrons. The van der Waals surface area contributed by atoms with Gasteiger partial charge in [-0.1, -0.05) is 54.2 Å². The van der Waals surface area contributed by atoms with Crippen LogP contribution in [0.2, 0.25) is 0 Å². The number of halogens is 1. The third kappa shape index (κ3) is 5.59. The average molecular weight is 421 g/mol. The molecule has 2 aromatic carbocycles. The van der Waals surface area contributed by atoms with E-state index in [9.17, 15) is 14.7 Å². The molecule has 0 saturated carbocycles. The number of esters is 1. The molecule has 26 heavy (non-hydrogen) atoms. The van der Waals surface area contributed by atoms with Crippen LogP contribution in [0.3, 0.4) is 0 Å².